The molecule has 0 bridgehead atoms. The summed E-state index contributed by atoms with van der Waals surface area (Å²) < 4.78 is 34.3. The Morgan fingerprint density at radius 2 is 1.74 bits per heavy atom. The number of rotatable bonds is 9. The number of anilines is 1. The van der Waals surface area contributed by atoms with Gasteiger partial charge in [0.1, 0.15) is 5.76 Å². The molecule has 0 spiro atoms. The Morgan fingerprint density at radius 1 is 1.03 bits per heavy atom. The van der Waals surface area contributed by atoms with Crippen LogP contribution in [-0.4, -0.2) is 19.6 Å². The molecule has 1 fully saturated rings. The molecule has 1 aliphatic carbocycles. The molecule has 7 heteroatoms. The first-order valence-electron chi connectivity index (χ1n) is 12.2. The summed E-state index contributed by atoms with van der Waals surface area (Å²) in [6, 6.07) is 14.8. The van der Waals surface area contributed by atoms with Crippen molar-refractivity contribution in [2.75, 3.05) is 4.72 Å². The molecule has 1 heterocycles. The largest absolute Gasteiger partial charge is 0.361 e. The third kappa shape index (κ3) is 5.88. The van der Waals surface area contributed by atoms with E-state index in [1.165, 1.54) is 38.5 Å². The molecule has 4 rings (SSSR count). The first-order valence-corrected chi connectivity index (χ1v) is 13.7. The lowest BCUT2D eigenvalue weighted by Gasteiger charge is -2.25. The van der Waals surface area contributed by atoms with Crippen molar-refractivity contribution in [1.82, 2.24) is 10.5 Å². The number of aromatic nitrogens is 1. The first-order chi connectivity index (χ1) is 16.3. The van der Waals surface area contributed by atoms with Crippen LogP contribution in [0.3, 0.4) is 0 Å². The zero-order chi connectivity index (χ0) is 24.1. The Balaban J connectivity index is 1.43. The summed E-state index contributed by atoms with van der Waals surface area (Å²) in [7, 11) is -3.72. The molecule has 1 atom stereocenters. The summed E-state index contributed by atoms with van der Waals surface area (Å²) in [6.07, 6.45) is 7.90. The predicted octanol–water partition coefficient (Wildman–Crippen LogP) is 6.21. The Bertz CT molecular complexity index is 1180. The van der Waals surface area contributed by atoms with E-state index in [1.807, 2.05) is 38.1 Å². The summed E-state index contributed by atoms with van der Waals surface area (Å²) in [6.45, 7) is 6.57. The zero-order valence-electron chi connectivity index (χ0n) is 20.3. The minimum absolute atomic E-state index is 0.219. The summed E-state index contributed by atoms with van der Waals surface area (Å²) in [5.74, 6) is 1.52. The van der Waals surface area contributed by atoms with Crippen LogP contribution in [0.2, 0.25) is 0 Å². The van der Waals surface area contributed by atoms with Crippen LogP contribution in [0.1, 0.15) is 62.5 Å². The fourth-order valence-electron chi connectivity index (χ4n) is 4.96. The molecule has 3 aromatic rings. The Hall–Kier alpha value is -2.64. The SMILES string of the molecule is Cc1noc(C)c1-c1ccc(S(=O)(=O)Nc2ccccc2CNC(C)CC2CCCCC2)cc1. The second-order valence-corrected chi connectivity index (χ2v) is 11.2. The molecule has 2 N–H and O–H groups in total. The van der Waals surface area contributed by atoms with Gasteiger partial charge in [-0.1, -0.05) is 67.6 Å². The number of nitrogens with zero attached hydrogens (tertiary/aromatic N) is 1. The molecule has 0 amide bonds. The topological polar surface area (TPSA) is 84.2 Å². The van der Waals surface area contributed by atoms with Crippen LogP contribution in [-0.2, 0) is 16.6 Å². The Kier molecular flexibility index (Phi) is 7.73. The van der Waals surface area contributed by atoms with Gasteiger partial charge in [-0.3, -0.25) is 4.72 Å². The number of hydrogen-bond donors (Lipinski definition) is 2. The number of sulfonamides is 1. The van der Waals surface area contributed by atoms with Crippen LogP contribution in [0.4, 0.5) is 5.69 Å². The molecule has 0 aliphatic heterocycles. The summed E-state index contributed by atoms with van der Waals surface area (Å²) >= 11 is 0. The maximum absolute atomic E-state index is 13.1. The lowest BCUT2D eigenvalue weighted by Crippen LogP contribution is -2.29. The highest BCUT2D eigenvalue weighted by Gasteiger charge is 2.19. The average molecular weight is 482 g/mol. The maximum atomic E-state index is 13.1. The van der Waals surface area contributed by atoms with Crippen LogP contribution in [0.5, 0.6) is 0 Å². The van der Waals surface area contributed by atoms with Crippen molar-refractivity contribution in [3.05, 3.63) is 65.5 Å². The second-order valence-electron chi connectivity index (χ2n) is 9.51. The molecule has 1 aliphatic rings. The molecule has 1 unspecified atom stereocenters. The lowest BCUT2D eigenvalue weighted by atomic mass is 9.85. The van der Waals surface area contributed by atoms with E-state index >= 15 is 0 Å². The minimum atomic E-state index is -3.72. The van der Waals surface area contributed by atoms with Crippen molar-refractivity contribution in [1.29, 1.82) is 0 Å². The van der Waals surface area contributed by atoms with Crippen molar-refractivity contribution in [3.63, 3.8) is 0 Å². The molecule has 1 saturated carbocycles. The van der Waals surface area contributed by atoms with Gasteiger partial charge in [-0.05, 0) is 62.4 Å². The zero-order valence-corrected chi connectivity index (χ0v) is 21.1. The molecule has 1 aromatic heterocycles. The Labute approximate surface area is 203 Å². The molecule has 2 aromatic carbocycles. The molecular formula is C27H35N3O3S. The van der Waals surface area contributed by atoms with E-state index in [4.69, 9.17) is 4.52 Å². The van der Waals surface area contributed by atoms with E-state index in [0.29, 0.717) is 24.0 Å². The van der Waals surface area contributed by atoms with Gasteiger partial charge in [0.25, 0.3) is 10.0 Å². The van der Waals surface area contributed by atoms with E-state index in [9.17, 15) is 8.42 Å². The molecular weight excluding hydrogens is 446 g/mol. The maximum Gasteiger partial charge on any atom is 0.261 e. The van der Waals surface area contributed by atoms with Gasteiger partial charge in [0.2, 0.25) is 0 Å². The number of para-hydroxylation sites is 1. The summed E-state index contributed by atoms with van der Waals surface area (Å²) in [5, 5.41) is 7.58. The van der Waals surface area contributed by atoms with Gasteiger partial charge in [-0.2, -0.15) is 0 Å². The van der Waals surface area contributed by atoms with Crippen LogP contribution in [0, 0.1) is 19.8 Å². The number of nitrogens with one attached hydrogen (secondary N) is 2. The van der Waals surface area contributed by atoms with E-state index in [1.54, 1.807) is 24.3 Å². The third-order valence-electron chi connectivity index (χ3n) is 6.80. The van der Waals surface area contributed by atoms with Crippen LogP contribution in [0.25, 0.3) is 11.1 Å². The highest BCUT2D eigenvalue weighted by Crippen LogP contribution is 2.29. The normalized spacial score (nSPS) is 15.9. The molecule has 0 saturated heterocycles. The van der Waals surface area contributed by atoms with Gasteiger partial charge in [-0.25, -0.2) is 8.42 Å². The van der Waals surface area contributed by atoms with Crippen molar-refractivity contribution in [3.8, 4) is 11.1 Å². The van der Waals surface area contributed by atoms with Crippen molar-refractivity contribution in [2.24, 2.45) is 5.92 Å². The van der Waals surface area contributed by atoms with Gasteiger partial charge in [0, 0.05) is 18.2 Å². The standard InChI is InChI=1S/C27H35N3O3S/c1-19(17-22-9-5-4-6-10-22)28-18-24-11-7-8-12-26(24)30-34(31,32)25-15-13-23(14-16-25)27-20(2)29-33-21(27)3/h7-8,11-16,19,22,28,30H,4-6,9-10,17-18H2,1-3H3. The second kappa shape index (κ2) is 10.7. The molecule has 6 nitrogen and oxygen atoms in total. The van der Waals surface area contributed by atoms with E-state index in [0.717, 1.165) is 28.3 Å². The molecule has 0 radical (unpaired) electrons. The van der Waals surface area contributed by atoms with Crippen molar-refractivity contribution >= 4 is 15.7 Å². The minimum Gasteiger partial charge on any atom is -0.361 e. The first kappa shape index (κ1) is 24.5. The Morgan fingerprint density at radius 3 is 2.41 bits per heavy atom. The lowest BCUT2D eigenvalue weighted by molar-refractivity contribution is 0.305. The quantitative estimate of drug-likeness (QED) is 0.380. The van der Waals surface area contributed by atoms with E-state index in [2.05, 4.69) is 22.1 Å². The highest BCUT2D eigenvalue weighted by molar-refractivity contribution is 7.92. The molecule has 34 heavy (non-hydrogen) atoms. The van der Waals surface area contributed by atoms with Crippen LogP contribution in [0.15, 0.2) is 57.9 Å². The van der Waals surface area contributed by atoms with Gasteiger partial charge in [0.05, 0.1) is 16.3 Å². The van der Waals surface area contributed by atoms with Crippen LogP contribution < -0.4 is 10.0 Å². The van der Waals surface area contributed by atoms with Gasteiger partial charge in [-0.15, -0.1) is 0 Å². The van der Waals surface area contributed by atoms with E-state index in [-0.39, 0.29) is 4.90 Å². The average Bonchev–Trinajstić information content (AvgIpc) is 3.17. The summed E-state index contributed by atoms with van der Waals surface area (Å²) in [4.78, 5) is 0.219. The monoisotopic (exact) mass is 481 g/mol. The van der Waals surface area contributed by atoms with Gasteiger partial charge in [0.15, 0.2) is 0 Å². The smallest absolute Gasteiger partial charge is 0.261 e. The van der Waals surface area contributed by atoms with E-state index < -0.39 is 10.0 Å². The summed E-state index contributed by atoms with van der Waals surface area (Å²) in [5.41, 5.74) is 4.11. The fraction of sp³-hybridized carbons (Fsp3) is 0.444. The number of benzene rings is 2. The highest BCUT2D eigenvalue weighted by atomic mass is 32.2. The predicted molar refractivity (Wildman–Crippen MR) is 136 cm³/mol. The van der Waals surface area contributed by atoms with Crippen molar-refractivity contribution < 1.29 is 12.9 Å². The van der Waals surface area contributed by atoms with Crippen LogP contribution >= 0.6 is 0 Å². The molecule has 182 valence electrons. The third-order valence-corrected chi connectivity index (χ3v) is 8.18. The fourth-order valence-corrected chi connectivity index (χ4v) is 6.06. The van der Waals surface area contributed by atoms with Gasteiger partial charge < -0.3 is 9.84 Å². The number of hydrogen-bond acceptors (Lipinski definition) is 5. The van der Waals surface area contributed by atoms with Gasteiger partial charge >= 0.3 is 0 Å². The number of aryl methyl sites for hydroxylation is 2. The van der Waals surface area contributed by atoms with Crippen molar-refractivity contribution in [2.45, 2.75) is 76.8 Å².